The summed E-state index contributed by atoms with van der Waals surface area (Å²) in [5.74, 6) is 0.780. The van der Waals surface area contributed by atoms with Crippen molar-refractivity contribution in [1.29, 1.82) is 0 Å². The van der Waals surface area contributed by atoms with Gasteiger partial charge in [0.2, 0.25) is 0 Å². The van der Waals surface area contributed by atoms with E-state index in [9.17, 15) is 0 Å². The fourth-order valence-electron chi connectivity index (χ4n) is 4.47. The van der Waals surface area contributed by atoms with Gasteiger partial charge in [-0.1, -0.05) is 35.6 Å². The maximum atomic E-state index is 5.87. The first-order chi connectivity index (χ1) is 16.7. The van der Waals surface area contributed by atoms with Crippen molar-refractivity contribution in [3.8, 4) is 10.9 Å². The molecule has 1 aliphatic heterocycles. The van der Waals surface area contributed by atoms with Crippen molar-refractivity contribution in [2.45, 2.75) is 12.1 Å². The number of methoxy groups -OCH3 is 1. The van der Waals surface area contributed by atoms with E-state index in [1.165, 1.54) is 0 Å². The Hall–Kier alpha value is -3.75. The summed E-state index contributed by atoms with van der Waals surface area (Å²) >= 11 is 7.54. The second-order valence-corrected chi connectivity index (χ2v) is 9.36. The first-order valence-corrected chi connectivity index (χ1v) is 12.1. The number of pyridine rings is 1. The SMILES string of the molecule is COc1cccc(N2C(=S)N[C@@H](c3ccccn3)[C@H]2c2cccn2-c2nc3ccccc3s2)c1. The quantitative estimate of drug-likeness (QED) is 0.325. The molecule has 8 heteroatoms. The second-order valence-electron chi connectivity index (χ2n) is 7.97. The molecule has 6 nitrogen and oxygen atoms in total. The monoisotopic (exact) mass is 483 g/mol. The second kappa shape index (κ2) is 8.55. The molecule has 0 bridgehead atoms. The van der Waals surface area contributed by atoms with Gasteiger partial charge in [0.25, 0.3) is 0 Å². The fourth-order valence-corrected chi connectivity index (χ4v) is 5.78. The van der Waals surface area contributed by atoms with E-state index in [1.54, 1.807) is 18.4 Å². The number of anilines is 1. The minimum Gasteiger partial charge on any atom is -0.497 e. The molecule has 3 aromatic heterocycles. The van der Waals surface area contributed by atoms with Crippen LogP contribution >= 0.6 is 23.6 Å². The van der Waals surface area contributed by atoms with Crippen molar-refractivity contribution < 1.29 is 4.74 Å². The predicted octanol–water partition coefficient (Wildman–Crippen LogP) is 5.67. The number of fused-ring (bicyclic) bond motifs is 1. The summed E-state index contributed by atoms with van der Waals surface area (Å²) in [5, 5.41) is 5.09. The summed E-state index contributed by atoms with van der Waals surface area (Å²) < 4.78 is 8.81. The maximum Gasteiger partial charge on any atom is 0.194 e. The highest BCUT2D eigenvalue weighted by Crippen LogP contribution is 2.43. The van der Waals surface area contributed by atoms with E-state index >= 15 is 0 Å². The van der Waals surface area contributed by atoms with Gasteiger partial charge in [-0.3, -0.25) is 9.55 Å². The van der Waals surface area contributed by atoms with E-state index in [4.69, 9.17) is 21.9 Å². The highest BCUT2D eigenvalue weighted by molar-refractivity contribution is 7.80. The molecular formula is C26H21N5OS2. The Labute approximate surface area is 206 Å². The lowest BCUT2D eigenvalue weighted by Crippen LogP contribution is -2.30. The Morgan fingerprint density at radius 2 is 1.88 bits per heavy atom. The molecule has 4 heterocycles. The third kappa shape index (κ3) is 3.52. The minimum absolute atomic E-state index is 0.136. The van der Waals surface area contributed by atoms with Crippen LogP contribution in [0.5, 0.6) is 5.75 Å². The molecule has 0 amide bonds. The number of ether oxygens (including phenoxy) is 1. The fraction of sp³-hybridized carbons (Fsp3) is 0.115. The van der Waals surface area contributed by atoms with Crippen LogP contribution in [0.2, 0.25) is 0 Å². The zero-order chi connectivity index (χ0) is 23.1. The molecule has 0 saturated carbocycles. The zero-order valence-corrected chi connectivity index (χ0v) is 20.0. The summed E-state index contributed by atoms with van der Waals surface area (Å²) in [6.45, 7) is 0. The molecule has 6 rings (SSSR count). The lowest BCUT2D eigenvalue weighted by atomic mass is 10.0. The van der Waals surface area contributed by atoms with Gasteiger partial charge in [-0.15, -0.1) is 0 Å². The Kier molecular flexibility index (Phi) is 5.24. The first-order valence-electron chi connectivity index (χ1n) is 10.9. The molecular weight excluding hydrogens is 462 g/mol. The summed E-state index contributed by atoms with van der Waals surface area (Å²) in [6.07, 6.45) is 3.88. The molecule has 1 N–H and O–H groups in total. The third-order valence-electron chi connectivity index (χ3n) is 6.00. The maximum absolute atomic E-state index is 5.87. The lowest BCUT2D eigenvalue weighted by Gasteiger charge is -2.28. The van der Waals surface area contributed by atoms with Gasteiger partial charge in [0.1, 0.15) is 11.8 Å². The number of benzene rings is 2. The largest absolute Gasteiger partial charge is 0.497 e. The number of thiocarbonyl (C=S) groups is 1. The number of para-hydroxylation sites is 1. The molecule has 1 aliphatic rings. The molecule has 0 radical (unpaired) electrons. The third-order valence-corrected chi connectivity index (χ3v) is 7.35. The van der Waals surface area contributed by atoms with Crippen LogP contribution in [-0.2, 0) is 0 Å². The zero-order valence-electron chi connectivity index (χ0n) is 18.3. The smallest absolute Gasteiger partial charge is 0.194 e. The van der Waals surface area contributed by atoms with Gasteiger partial charge in [-0.2, -0.15) is 0 Å². The average molecular weight is 484 g/mol. The highest BCUT2D eigenvalue weighted by Gasteiger charge is 2.42. The molecule has 168 valence electrons. The number of rotatable bonds is 5. The number of hydrogen-bond donors (Lipinski definition) is 1. The number of nitrogens with zero attached hydrogens (tertiary/aromatic N) is 4. The van der Waals surface area contributed by atoms with Crippen LogP contribution in [0, 0.1) is 0 Å². The van der Waals surface area contributed by atoms with Crippen molar-refractivity contribution in [3.05, 3.63) is 103 Å². The van der Waals surface area contributed by atoms with Crippen molar-refractivity contribution in [2.24, 2.45) is 0 Å². The van der Waals surface area contributed by atoms with Crippen LogP contribution in [0.1, 0.15) is 23.5 Å². The molecule has 34 heavy (non-hydrogen) atoms. The van der Waals surface area contributed by atoms with E-state index < -0.39 is 0 Å². The van der Waals surface area contributed by atoms with Crippen LogP contribution in [0.15, 0.2) is 91.3 Å². The summed E-state index contributed by atoms with van der Waals surface area (Å²) in [6, 6.07) is 26.1. The summed E-state index contributed by atoms with van der Waals surface area (Å²) in [4.78, 5) is 11.7. The van der Waals surface area contributed by atoms with Crippen molar-refractivity contribution in [1.82, 2.24) is 19.9 Å². The summed E-state index contributed by atoms with van der Waals surface area (Å²) in [7, 11) is 1.67. The normalized spacial score (nSPS) is 17.8. The Morgan fingerprint density at radius 1 is 1.00 bits per heavy atom. The molecule has 2 atom stereocenters. The van der Waals surface area contributed by atoms with Gasteiger partial charge in [-0.05, 0) is 60.7 Å². The van der Waals surface area contributed by atoms with Gasteiger partial charge in [0, 0.05) is 24.1 Å². The van der Waals surface area contributed by atoms with Crippen LogP contribution in [0.3, 0.4) is 0 Å². The molecule has 5 aromatic rings. The molecule has 0 unspecified atom stereocenters. The van der Waals surface area contributed by atoms with E-state index in [2.05, 4.69) is 50.2 Å². The molecule has 0 spiro atoms. The van der Waals surface area contributed by atoms with Crippen LogP contribution in [-0.4, -0.2) is 26.8 Å². The number of hydrogen-bond acceptors (Lipinski definition) is 5. The minimum atomic E-state index is -0.142. The van der Waals surface area contributed by atoms with E-state index in [0.29, 0.717) is 5.11 Å². The van der Waals surface area contributed by atoms with Crippen molar-refractivity contribution in [3.63, 3.8) is 0 Å². The van der Waals surface area contributed by atoms with E-state index in [0.717, 1.165) is 38.2 Å². The Morgan fingerprint density at radius 3 is 2.71 bits per heavy atom. The van der Waals surface area contributed by atoms with Crippen LogP contribution in [0.25, 0.3) is 15.3 Å². The average Bonchev–Trinajstić information content (AvgIpc) is 3.60. The number of aromatic nitrogens is 3. The molecule has 1 saturated heterocycles. The van der Waals surface area contributed by atoms with Gasteiger partial charge >= 0.3 is 0 Å². The predicted molar refractivity (Wildman–Crippen MR) is 140 cm³/mol. The molecule has 0 aliphatic carbocycles. The summed E-state index contributed by atoms with van der Waals surface area (Å²) in [5.41, 5.74) is 3.95. The topological polar surface area (TPSA) is 55.2 Å². The standard InChI is InChI=1S/C26H21N5OS2/c1-32-18-9-6-8-17(16-18)31-24(23(29-25(31)33)20-11-4-5-14-27-20)21-12-7-15-30(21)26-28-19-10-2-3-13-22(19)34-26/h2-16,23-24H,1H3,(H,29,33)/t23-,24+/m0/s1. The van der Waals surface area contributed by atoms with Gasteiger partial charge in [0.05, 0.1) is 34.8 Å². The van der Waals surface area contributed by atoms with Crippen molar-refractivity contribution in [2.75, 3.05) is 12.0 Å². The molecule has 1 fully saturated rings. The van der Waals surface area contributed by atoms with Gasteiger partial charge in [0.15, 0.2) is 10.2 Å². The van der Waals surface area contributed by atoms with E-state index in [-0.39, 0.29) is 12.1 Å². The Bertz CT molecular complexity index is 1450. The Balaban J connectivity index is 1.52. The van der Waals surface area contributed by atoms with Crippen LogP contribution < -0.4 is 15.0 Å². The molecule has 2 aromatic carbocycles. The highest BCUT2D eigenvalue weighted by atomic mass is 32.1. The van der Waals surface area contributed by atoms with Crippen molar-refractivity contribution >= 4 is 44.6 Å². The van der Waals surface area contributed by atoms with Crippen LogP contribution in [0.4, 0.5) is 5.69 Å². The lowest BCUT2D eigenvalue weighted by molar-refractivity contribution is 0.414. The number of nitrogens with one attached hydrogen (secondary N) is 1. The van der Waals surface area contributed by atoms with E-state index in [1.807, 2.05) is 60.8 Å². The van der Waals surface area contributed by atoms with Gasteiger partial charge < -0.3 is 15.0 Å². The first kappa shape index (κ1) is 20.8. The number of thiazole rings is 1. The van der Waals surface area contributed by atoms with Gasteiger partial charge in [-0.25, -0.2) is 4.98 Å².